The number of aromatic amines is 1. The number of nitrogens with one attached hydrogen (secondary N) is 1. The lowest BCUT2D eigenvalue weighted by Crippen LogP contribution is -2.43. The Morgan fingerprint density at radius 1 is 1.05 bits per heavy atom. The molecular formula is C29H32N6O3S. The van der Waals surface area contributed by atoms with Gasteiger partial charge in [-0.25, -0.2) is 17.7 Å². The molecule has 9 nitrogen and oxygen atoms in total. The number of benzene rings is 1. The van der Waals surface area contributed by atoms with E-state index in [1.165, 1.54) is 5.56 Å². The Hall–Kier alpha value is -3.55. The molecule has 3 aromatic heterocycles. The summed E-state index contributed by atoms with van der Waals surface area (Å²) in [5.74, 6) is 1.57. The van der Waals surface area contributed by atoms with Crippen LogP contribution in [0.25, 0.3) is 21.9 Å². The Morgan fingerprint density at radius 2 is 1.87 bits per heavy atom. The van der Waals surface area contributed by atoms with Crippen molar-refractivity contribution >= 4 is 32.0 Å². The number of ether oxygens (including phenoxy) is 1. The molecule has 0 bridgehead atoms. The highest BCUT2D eigenvalue weighted by Gasteiger charge is 2.33. The van der Waals surface area contributed by atoms with Crippen LogP contribution >= 0.6 is 0 Å². The third-order valence-electron chi connectivity index (χ3n) is 8.29. The van der Waals surface area contributed by atoms with E-state index in [1.54, 1.807) is 34.8 Å². The first-order valence-corrected chi connectivity index (χ1v) is 15.3. The maximum absolute atomic E-state index is 13.4. The molecule has 1 aromatic carbocycles. The molecule has 1 atom stereocenters. The molecule has 1 saturated heterocycles. The zero-order valence-corrected chi connectivity index (χ0v) is 22.6. The SMILES string of the molecule is N#Cc1ccc(OCC2CCCN(S(=O)(=O)CC3CCC(c4cnnc5cnc6[nH]ccc6c45)CC3)C2)cc1. The van der Waals surface area contributed by atoms with Gasteiger partial charge in [0.15, 0.2) is 0 Å². The van der Waals surface area contributed by atoms with Gasteiger partial charge < -0.3 is 9.72 Å². The number of piperidine rings is 1. The van der Waals surface area contributed by atoms with Crippen molar-refractivity contribution in [3.05, 3.63) is 60.0 Å². The lowest BCUT2D eigenvalue weighted by Gasteiger charge is -2.34. The Bertz CT molecular complexity index is 1600. The van der Waals surface area contributed by atoms with E-state index in [-0.39, 0.29) is 17.6 Å². The minimum atomic E-state index is -3.34. The molecule has 1 unspecified atom stereocenters. The van der Waals surface area contributed by atoms with Crippen LogP contribution in [-0.4, -0.2) is 58.3 Å². The molecule has 1 saturated carbocycles. The van der Waals surface area contributed by atoms with Crippen LogP contribution in [0.3, 0.4) is 0 Å². The van der Waals surface area contributed by atoms with Crippen LogP contribution in [0.15, 0.2) is 48.9 Å². The van der Waals surface area contributed by atoms with Crippen LogP contribution in [0.4, 0.5) is 0 Å². The van der Waals surface area contributed by atoms with Crippen LogP contribution in [0.2, 0.25) is 0 Å². The van der Waals surface area contributed by atoms with E-state index in [2.05, 4.69) is 26.2 Å². The number of aromatic nitrogens is 4. The van der Waals surface area contributed by atoms with Gasteiger partial charge in [-0.2, -0.15) is 10.4 Å². The fourth-order valence-electron chi connectivity index (χ4n) is 6.20. The molecule has 39 heavy (non-hydrogen) atoms. The first-order chi connectivity index (χ1) is 19.0. The summed E-state index contributed by atoms with van der Waals surface area (Å²) in [6.07, 6.45) is 11.0. The molecule has 0 spiro atoms. The topological polar surface area (TPSA) is 125 Å². The zero-order chi connectivity index (χ0) is 26.8. The molecule has 4 heterocycles. The monoisotopic (exact) mass is 544 g/mol. The van der Waals surface area contributed by atoms with Gasteiger partial charge in [0.2, 0.25) is 10.0 Å². The van der Waals surface area contributed by atoms with Gasteiger partial charge in [0.1, 0.15) is 16.9 Å². The van der Waals surface area contributed by atoms with Crippen molar-refractivity contribution in [1.29, 1.82) is 5.26 Å². The van der Waals surface area contributed by atoms with Gasteiger partial charge in [-0.3, -0.25) is 0 Å². The van der Waals surface area contributed by atoms with Crippen LogP contribution in [-0.2, 0) is 10.0 Å². The Kier molecular flexibility index (Phi) is 7.19. The van der Waals surface area contributed by atoms with E-state index in [4.69, 9.17) is 10.00 Å². The van der Waals surface area contributed by atoms with E-state index in [1.807, 2.05) is 18.5 Å². The number of pyridine rings is 1. The Labute approximate surface area is 228 Å². The van der Waals surface area contributed by atoms with Crippen molar-refractivity contribution in [2.24, 2.45) is 11.8 Å². The number of hydrogen-bond acceptors (Lipinski definition) is 7. The molecule has 1 aliphatic heterocycles. The van der Waals surface area contributed by atoms with Crippen molar-refractivity contribution in [1.82, 2.24) is 24.5 Å². The minimum Gasteiger partial charge on any atom is -0.493 e. The summed E-state index contributed by atoms with van der Waals surface area (Å²) >= 11 is 0. The second kappa shape index (κ2) is 10.9. The maximum Gasteiger partial charge on any atom is 0.214 e. The minimum absolute atomic E-state index is 0.159. The standard InChI is InChI=1S/C29H32N6O3S/c30-14-20-5-9-24(10-6-20)38-18-22-2-1-13-35(17-22)39(36,37)19-21-3-7-23(8-4-21)26-15-33-34-27-16-32-29-25(28(26)27)11-12-31-29/h5-6,9-12,15-16,21-23H,1-4,7-8,13,17-19H2,(H,31,32). The summed E-state index contributed by atoms with van der Waals surface area (Å²) in [5.41, 5.74) is 3.42. The van der Waals surface area contributed by atoms with Gasteiger partial charge in [-0.05, 0) is 86.3 Å². The molecule has 0 radical (unpaired) electrons. The fourth-order valence-corrected chi connectivity index (χ4v) is 8.19. The van der Waals surface area contributed by atoms with E-state index in [0.717, 1.165) is 60.5 Å². The normalized spacial score (nSPS) is 22.6. The number of hydrogen-bond donors (Lipinski definition) is 1. The smallest absolute Gasteiger partial charge is 0.214 e. The molecule has 10 heteroatoms. The highest BCUT2D eigenvalue weighted by Crippen LogP contribution is 2.40. The highest BCUT2D eigenvalue weighted by molar-refractivity contribution is 7.89. The Morgan fingerprint density at radius 3 is 2.67 bits per heavy atom. The average Bonchev–Trinajstić information content (AvgIpc) is 3.46. The van der Waals surface area contributed by atoms with Crippen molar-refractivity contribution in [3.8, 4) is 11.8 Å². The number of sulfonamides is 1. The fraction of sp³-hybridized carbons (Fsp3) is 0.448. The number of nitriles is 1. The van der Waals surface area contributed by atoms with E-state index in [9.17, 15) is 8.42 Å². The van der Waals surface area contributed by atoms with E-state index in [0.29, 0.717) is 36.9 Å². The second-order valence-electron chi connectivity index (χ2n) is 10.9. The number of nitrogens with zero attached hydrogens (tertiary/aromatic N) is 5. The molecule has 6 rings (SSSR count). The number of fused-ring (bicyclic) bond motifs is 3. The summed E-state index contributed by atoms with van der Waals surface area (Å²) in [5, 5.41) is 19.7. The predicted molar refractivity (Wildman–Crippen MR) is 149 cm³/mol. The lowest BCUT2D eigenvalue weighted by atomic mass is 9.79. The van der Waals surface area contributed by atoms with Crippen molar-refractivity contribution < 1.29 is 13.2 Å². The van der Waals surface area contributed by atoms with Gasteiger partial charge >= 0.3 is 0 Å². The van der Waals surface area contributed by atoms with Crippen LogP contribution in [0.5, 0.6) is 5.75 Å². The van der Waals surface area contributed by atoms with Crippen molar-refractivity contribution in [3.63, 3.8) is 0 Å². The first kappa shape index (κ1) is 25.7. The molecule has 1 aliphatic carbocycles. The summed E-state index contributed by atoms with van der Waals surface area (Å²) in [7, 11) is -3.34. The summed E-state index contributed by atoms with van der Waals surface area (Å²) in [6.45, 7) is 1.56. The summed E-state index contributed by atoms with van der Waals surface area (Å²) in [4.78, 5) is 7.62. The quantitative estimate of drug-likeness (QED) is 0.355. The lowest BCUT2D eigenvalue weighted by molar-refractivity contribution is 0.179. The largest absolute Gasteiger partial charge is 0.493 e. The van der Waals surface area contributed by atoms with E-state index < -0.39 is 10.0 Å². The average molecular weight is 545 g/mol. The number of rotatable bonds is 7. The van der Waals surface area contributed by atoms with Crippen molar-refractivity contribution in [2.45, 2.75) is 44.4 Å². The molecule has 1 N–H and O–H groups in total. The number of H-pyrrole nitrogens is 1. The summed E-state index contributed by atoms with van der Waals surface area (Å²) in [6, 6.07) is 11.2. The highest BCUT2D eigenvalue weighted by atomic mass is 32.2. The molecular weight excluding hydrogens is 512 g/mol. The molecule has 2 fully saturated rings. The van der Waals surface area contributed by atoms with Gasteiger partial charge in [-0.15, -0.1) is 5.10 Å². The summed E-state index contributed by atoms with van der Waals surface area (Å²) < 4.78 is 34.4. The molecule has 0 amide bonds. The predicted octanol–water partition coefficient (Wildman–Crippen LogP) is 4.77. The van der Waals surface area contributed by atoms with Gasteiger partial charge in [0.05, 0.1) is 36.4 Å². The first-order valence-electron chi connectivity index (χ1n) is 13.7. The molecule has 2 aliphatic rings. The van der Waals surface area contributed by atoms with E-state index >= 15 is 0 Å². The Balaban J connectivity index is 1.06. The maximum atomic E-state index is 13.4. The van der Waals surface area contributed by atoms with Crippen LogP contribution in [0.1, 0.15) is 55.6 Å². The molecule has 202 valence electrons. The zero-order valence-electron chi connectivity index (χ0n) is 21.8. The second-order valence-corrected chi connectivity index (χ2v) is 12.9. The third-order valence-corrected chi connectivity index (χ3v) is 10.3. The third kappa shape index (κ3) is 5.47. The van der Waals surface area contributed by atoms with Crippen LogP contribution < -0.4 is 4.74 Å². The van der Waals surface area contributed by atoms with Gasteiger partial charge in [0, 0.05) is 36.0 Å². The van der Waals surface area contributed by atoms with Gasteiger partial charge in [-0.1, -0.05) is 0 Å². The van der Waals surface area contributed by atoms with Crippen LogP contribution in [0, 0.1) is 23.2 Å². The van der Waals surface area contributed by atoms with Gasteiger partial charge in [0.25, 0.3) is 0 Å². The molecule has 4 aromatic rings. The van der Waals surface area contributed by atoms with Crippen molar-refractivity contribution in [2.75, 3.05) is 25.4 Å².